The molecule has 0 fully saturated rings. The van der Waals surface area contributed by atoms with E-state index in [0.717, 1.165) is 0 Å². The molecular weight excluding hydrogens is 148 g/mol. The van der Waals surface area contributed by atoms with Gasteiger partial charge in [0.15, 0.2) is 0 Å². The average Bonchev–Trinajstić information content (AvgIpc) is 1.98. The number of esters is 1. The summed E-state index contributed by atoms with van der Waals surface area (Å²) in [6, 6.07) is 0. The zero-order chi connectivity index (χ0) is 8.85. The van der Waals surface area contributed by atoms with Crippen molar-refractivity contribution in [2.45, 2.75) is 13.3 Å². The van der Waals surface area contributed by atoms with Crippen LogP contribution in [-0.2, 0) is 14.3 Å². The fourth-order valence-corrected chi connectivity index (χ4v) is 0.570. The minimum Gasteiger partial charge on any atom is -0.515 e. The Labute approximate surface area is 64.5 Å². The molecule has 0 aliphatic rings. The lowest BCUT2D eigenvalue weighted by Gasteiger charge is -1.99. The number of carbonyl (C=O) groups excluding carboxylic acids is 2. The maximum Gasteiger partial charge on any atom is 0.337 e. The molecule has 0 radical (unpaired) electrons. The Bertz CT molecular complexity index is 193. The predicted octanol–water partition coefficient (Wildman–Crippen LogP) is 0.580. The van der Waals surface area contributed by atoms with E-state index in [4.69, 9.17) is 5.11 Å². The predicted molar refractivity (Wildman–Crippen MR) is 38.0 cm³/mol. The second-order valence-electron chi connectivity index (χ2n) is 2.02. The average molecular weight is 158 g/mol. The first-order valence-corrected chi connectivity index (χ1v) is 3.02. The summed E-state index contributed by atoms with van der Waals surface area (Å²) in [6.45, 7) is 1.33. The van der Waals surface area contributed by atoms with Gasteiger partial charge in [-0.1, -0.05) is 0 Å². The highest BCUT2D eigenvalue weighted by atomic mass is 16.5. The number of ether oxygens (including phenoxy) is 1. The van der Waals surface area contributed by atoms with Gasteiger partial charge in [-0.25, -0.2) is 4.79 Å². The van der Waals surface area contributed by atoms with E-state index in [1.807, 2.05) is 0 Å². The second kappa shape index (κ2) is 4.49. The number of carbonyl (C=O) groups is 2. The van der Waals surface area contributed by atoms with Crippen LogP contribution in [0.1, 0.15) is 13.3 Å². The number of aliphatic hydroxyl groups excluding tert-OH is 1. The molecule has 0 spiro atoms. The molecule has 0 unspecified atom stereocenters. The molecule has 0 aromatic rings. The fourth-order valence-electron chi connectivity index (χ4n) is 0.570. The smallest absolute Gasteiger partial charge is 0.337 e. The SMILES string of the molecule is COC(=O)/C(=C/O)CC(C)=O. The molecule has 0 rings (SSSR count). The van der Waals surface area contributed by atoms with Gasteiger partial charge in [-0.3, -0.25) is 4.79 Å². The molecule has 0 aromatic carbocycles. The van der Waals surface area contributed by atoms with Crippen LogP contribution in [0, 0.1) is 0 Å². The zero-order valence-electron chi connectivity index (χ0n) is 6.46. The summed E-state index contributed by atoms with van der Waals surface area (Å²) >= 11 is 0. The van der Waals surface area contributed by atoms with Crippen molar-refractivity contribution in [1.29, 1.82) is 0 Å². The lowest BCUT2D eigenvalue weighted by molar-refractivity contribution is -0.137. The van der Waals surface area contributed by atoms with Crippen molar-refractivity contribution in [3.05, 3.63) is 11.8 Å². The van der Waals surface area contributed by atoms with Crippen LogP contribution in [0.25, 0.3) is 0 Å². The number of methoxy groups -OCH3 is 1. The van der Waals surface area contributed by atoms with E-state index >= 15 is 0 Å². The summed E-state index contributed by atoms with van der Waals surface area (Å²) in [6.07, 6.45) is 0.496. The van der Waals surface area contributed by atoms with Gasteiger partial charge in [0.2, 0.25) is 0 Å². The molecular formula is C7H10O4. The number of aliphatic hydroxyl groups is 1. The van der Waals surface area contributed by atoms with Crippen molar-refractivity contribution < 1.29 is 19.4 Å². The zero-order valence-corrected chi connectivity index (χ0v) is 6.46. The van der Waals surface area contributed by atoms with Crippen LogP contribution in [0.3, 0.4) is 0 Å². The normalized spacial score (nSPS) is 10.9. The van der Waals surface area contributed by atoms with E-state index in [1.54, 1.807) is 0 Å². The van der Waals surface area contributed by atoms with E-state index in [1.165, 1.54) is 14.0 Å². The summed E-state index contributed by atoms with van der Waals surface area (Å²) in [5, 5.41) is 8.46. The van der Waals surface area contributed by atoms with Crippen LogP contribution in [0.15, 0.2) is 11.8 Å². The van der Waals surface area contributed by atoms with Crippen molar-refractivity contribution in [1.82, 2.24) is 0 Å². The van der Waals surface area contributed by atoms with Gasteiger partial charge in [0, 0.05) is 6.42 Å². The maximum absolute atomic E-state index is 10.7. The Kier molecular flexibility index (Phi) is 3.95. The molecule has 4 nitrogen and oxygen atoms in total. The first kappa shape index (κ1) is 9.68. The van der Waals surface area contributed by atoms with E-state index in [2.05, 4.69) is 4.74 Å². The van der Waals surface area contributed by atoms with Gasteiger partial charge in [-0.05, 0) is 6.92 Å². The van der Waals surface area contributed by atoms with Gasteiger partial charge in [-0.15, -0.1) is 0 Å². The summed E-state index contributed by atoms with van der Waals surface area (Å²) < 4.78 is 4.28. The summed E-state index contributed by atoms with van der Waals surface area (Å²) in [5.74, 6) is -0.876. The van der Waals surface area contributed by atoms with E-state index in [9.17, 15) is 9.59 Å². The van der Waals surface area contributed by atoms with Gasteiger partial charge >= 0.3 is 5.97 Å². The first-order valence-electron chi connectivity index (χ1n) is 3.02. The lowest BCUT2D eigenvalue weighted by atomic mass is 10.1. The quantitative estimate of drug-likeness (QED) is 0.370. The molecule has 0 aromatic heterocycles. The van der Waals surface area contributed by atoms with Crippen molar-refractivity contribution >= 4 is 11.8 Å². The highest BCUT2D eigenvalue weighted by Crippen LogP contribution is 2.02. The Balaban J connectivity index is 4.20. The third kappa shape index (κ3) is 3.40. The highest BCUT2D eigenvalue weighted by Gasteiger charge is 2.11. The minimum absolute atomic E-state index is 0.0278. The second-order valence-corrected chi connectivity index (χ2v) is 2.02. The van der Waals surface area contributed by atoms with Crippen LogP contribution in [0.5, 0.6) is 0 Å². The van der Waals surface area contributed by atoms with Gasteiger partial charge in [0.25, 0.3) is 0 Å². The summed E-state index contributed by atoms with van der Waals surface area (Å²) in [5.41, 5.74) is -0.0278. The van der Waals surface area contributed by atoms with Gasteiger partial charge in [-0.2, -0.15) is 0 Å². The number of ketones is 1. The first-order chi connectivity index (χ1) is 5.11. The van der Waals surface area contributed by atoms with Gasteiger partial charge < -0.3 is 9.84 Å². The highest BCUT2D eigenvalue weighted by molar-refractivity contribution is 5.94. The third-order valence-corrected chi connectivity index (χ3v) is 1.04. The van der Waals surface area contributed by atoms with Crippen LogP contribution in [0.2, 0.25) is 0 Å². The van der Waals surface area contributed by atoms with E-state index in [-0.39, 0.29) is 17.8 Å². The van der Waals surface area contributed by atoms with Crippen LogP contribution < -0.4 is 0 Å². The molecule has 0 amide bonds. The topological polar surface area (TPSA) is 63.6 Å². The molecule has 11 heavy (non-hydrogen) atoms. The van der Waals surface area contributed by atoms with E-state index in [0.29, 0.717) is 6.26 Å². The van der Waals surface area contributed by atoms with Crippen molar-refractivity contribution in [2.75, 3.05) is 7.11 Å². The Morgan fingerprint density at radius 3 is 2.36 bits per heavy atom. The van der Waals surface area contributed by atoms with Crippen molar-refractivity contribution in [3.63, 3.8) is 0 Å². The fraction of sp³-hybridized carbons (Fsp3) is 0.429. The molecule has 0 saturated heterocycles. The number of rotatable bonds is 3. The Hall–Kier alpha value is -1.32. The van der Waals surface area contributed by atoms with Gasteiger partial charge in [0.05, 0.1) is 18.9 Å². The molecule has 62 valence electrons. The minimum atomic E-state index is -0.678. The molecule has 1 N–H and O–H groups in total. The number of hydrogen-bond donors (Lipinski definition) is 1. The Morgan fingerprint density at radius 1 is 1.55 bits per heavy atom. The van der Waals surface area contributed by atoms with Crippen molar-refractivity contribution in [3.8, 4) is 0 Å². The molecule has 0 atom stereocenters. The lowest BCUT2D eigenvalue weighted by Crippen LogP contribution is -2.08. The standard InChI is InChI=1S/C7H10O4/c1-5(9)3-6(4-8)7(10)11-2/h4,8H,3H2,1-2H3/b6-4+. The van der Waals surface area contributed by atoms with Gasteiger partial charge in [0.1, 0.15) is 5.78 Å². The summed E-state index contributed by atoms with van der Waals surface area (Å²) in [4.78, 5) is 21.1. The third-order valence-electron chi connectivity index (χ3n) is 1.04. The monoisotopic (exact) mass is 158 g/mol. The maximum atomic E-state index is 10.7. The molecule has 0 bridgehead atoms. The van der Waals surface area contributed by atoms with Crippen LogP contribution in [0.4, 0.5) is 0 Å². The van der Waals surface area contributed by atoms with Crippen molar-refractivity contribution in [2.24, 2.45) is 0 Å². The number of hydrogen-bond acceptors (Lipinski definition) is 4. The molecule has 0 aliphatic carbocycles. The largest absolute Gasteiger partial charge is 0.515 e. The number of Topliss-reactive ketones (excluding diaryl/α,β-unsaturated/α-hetero) is 1. The molecule has 0 aliphatic heterocycles. The van der Waals surface area contributed by atoms with Crippen LogP contribution in [-0.4, -0.2) is 24.0 Å². The van der Waals surface area contributed by atoms with Crippen LogP contribution >= 0.6 is 0 Å². The molecule has 0 heterocycles. The summed E-state index contributed by atoms with van der Waals surface area (Å²) in [7, 11) is 1.19. The molecule has 0 saturated carbocycles. The Morgan fingerprint density at radius 2 is 2.09 bits per heavy atom. The van der Waals surface area contributed by atoms with E-state index < -0.39 is 5.97 Å². The molecule has 4 heteroatoms.